The van der Waals surface area contributed by atoms with Gasteiger partial charge in [-0.3, -0.25) is 19.6 Å². The molecular weight excluding hydrogens is 496 g/mol. The Morgan fingerprint density at radius 2 is 2.00 bits per heavy atom. The van der Waals surface area contributed by atoms with E-state index >= 15 is 0 Å². The number of hydrogen-bond acceptors (Lipinski definition) is 11. The normalized spacial score (nSPS) is 18.0. The zero-order chi connectivity index (χ0) is 26.7. The number of amides is 3. The Labute approximate surface area is 209 Å². The average molecular weight is 523 g/mol. The van der Waals surface area contributed by atoms with E-state index in [0.717, 1.165) is 11.3 Å². The first-order valence-corrected chi connectivity index (χ1v) is 11.5. The van der Waals surface area contributed by atoms with E-state index < -0.39 is 52.9 Å². The van der Waals surface area contributed by atoms with Gasteiger partial charge in [0, 0.05) is 11.6 Å². The number of aromatic nitrogens is 4. The summed E-state index contributed by atoms with van der Waals surface area (Å²) in [5, 5.41) is 29.8. The van der Waals surface area contributed by atoms with Crippen LogP contribution in [0.25, 0.3) is 0 Å². The van der Waals surface area contributed by atoms with Gasteiger partial charge in [-0.15, -0.1) is 16.4 Å². The molecule has 16 heteroatoms. The molecular formula is C20H26N8O7S. The molecule has 1 fully saturated rings. The first-order valence-electron chi connectivity index (χ1n) is 10.7. The highest BCUT2D eigenvalue weighted by molar-refractivity contribution is 7.14. The lowest BCUT2D eigenvalue weighted by Gasteiger charge is -2.36. The minimum atomic E-state index is -1.76. The van der Waals surface area contributed by atoms with Crippen LogP contribution < -0.4 is 16.0 Å². The molecule has 0 aliphatic carbocycles. The van der Waals surface area contributed by atoms with Gasteiger partial charge >= 0.3 is 12.1 Å². The third kappa shape index (κ3) is 6.74. The monoisotopic (exact) mass is 522 g/mol. The molecule has 0 unspecified atom stereocenters. The van der Waals surface area contributed by atoms with Crippen LogP contribution in [0.4, 0.5) is 9.93 Å². The molecule has 2 atom stereocenters. The van der Waals surface area contributed by atoms with Gasteiger partial charge in [-0.05, 0) is 34.6 Å². The molecule has 2 aromatic rings. The molecule has 3 rings (SSSR count). The quantitative estimate of drug-likeness (QED) is 0.202. The van der Waals surface area contributed by atoms with Crippen LogP contribution in [0.2, 0.25) is 0 Å². The Bertz CT molecular complexity index is 1170. The Balaban J connectivity index is 1.79. The standard InChI is InChI=1S/C20H26N8O7S/c1-19(2,3)34-18(33)25-17-23-11(9-36-17)13(26-35-20(4,5)16(31)32)15(30)24-12-10(22-14(12)29)8-28-7-6-21-27-28/h6-7,9-10,12H,8H2,1-5H3,(H,22,29)(H,24,30)(H,31,32)(H,23,25,33)/t10-,12+/m1/s1. The number of carbonyl (C=O) groups is 4. The number of oxime groups is 1. The number of carbonyl (C=O) groups excluding carboxylic acids is 3. The van der Waals surface area contributed by atoms with Crippen LogP contribution in [-0.4, -0.2) is 78.0 Å². The Hall–Kier alpha value is -4.08. The molecule has 1 saturated heterocycles. The molecule has 4 N–H and O–H groups in total. The third-order valence-electron chi connectivity index (χ3n) is 4.60. The van der Waals surface area contributed by atoms with Gasteiger partial charge in [0.25, 0.3) is 5.91 Å². The molecule has 1 aliphatic heterocycles. The maximum absolute atomic E-state index is 13.1. The number of carboxylic acid groups (broad SMARTS) is 1. The van der Waals surface area contributed by atoms with Crippen molar-refractivity contribution in [2.45, 2.75) is 64.4 Å². The number of anilines is 1. The second kappa shape index (κ2) is 10.3. The van der Waals surface area contributed by atoms with Crippen LogP contribution >= 0.6 is 11.3 Å². The molecule has 194 valence electrons. The highest BCUT2D eigenvalue weighted by atomic mass is 32.1. The van der Waals surface area contributed by atoms with E-state index in [1.165, 1.54) is 30.1 Å². The number of β-lactam (4-membered cyclic amide) rings is 1. The van der Waals surface area contributed by atoms with Crippen LogP contribution in [0.5, 0.6) is 0 Å². The second-order valence-electron chi connectivity index (χ2n) is 9.20. The molecule has 2 aromatic heterocycles. The van der Waals surface area contributed by atoms with Crippen molar-refractivity contribution in [1.82, 2.24) is 30.6 Å². The largest absolute Gasteiger partial charge is 0.478 e. The van der Waals surface area contributed by atoms with E-state index in [1.54, 1.807) is 27.0 Å². The zero-order valence-electron chi connectivity index (χ0n) is 20.1. The molecule has 1 aliphatic rings. The van der Waals surface area contributed by atoms with E-state index in [9.17, 15) is 24.3 Å². The van der Waals surface area contributed by atoms with Crippen molar-refractivity contribution < 1.29 is 33.9 Å². The summed E-state index contributed by atoms with van der Waals surface area (Å²) in [7, 11) is 0. The summed E-state index contributed by atoms with van der Waals surface area (Å²) in [6.45, 7) is 7.85. The van der Waals surface area contributed by atoms with E-state index in [4.69, 9.17) is 9.57 Å². The van der Waals surface area contributed by atoms with Gasteiger partial charge in [0.05, 0.1) is 18.8 Å². The molecule has 36 heavy (non-hydrogen) atoms. The number of nitrogens with zero attached hydrogens (tertiary/aromatic N) is 5. The third-order valence-corrected chi connectivity index (χ3v) is 5.36. The van der Waals surface area contributed by atoms with Gasteiger partial charge in [0.2, 0.25) is 11.5 Å². The Kier molecular flexibility index (Phi) is 7.57. The summed E-state index contributed by atoms with van der Waals surface area (Å²) >= 11 is 0.978. The predicted octanol–water partition coefficient (Wildman–Crippen LogP) is 0.349. The summed E-state index contributed by atoms with van der Waals surface area (Å²) in [6.07, 6.45) is 2.33. The van der Waals surface area contributed by atoms with Gasteiger partial charge in [0.15, 0.2) is 10.8 Å². The maximum atomic E-state index is 13.1. The minimum absolute atomic E-state index is 0.0164. The zero-order valence-corrected chi connectivity index (χ0v) is 21.0. The van der Waals surface area contributed by atoms with Crippen LogP contribution in [0.15, 0.2) is 22.9 Å². The van der Waals surface area contributed by atoms with Crippen molar-refractivity contribution in [3.63, 3.8) is 0 Å². The molecule has 0 spiro atoms. The molecule has 0 radical (unpaired) electrons. The summed E-state index contributed by atoms with van der Waals surface area (Å²) in [6, 6.07) is -1.39. The number of ether oxygens (including phenoxy) is 1. The highest BCUT2D eigenvalue weighted by Gasteiger charge is 2.42. The molecule has 0 saturated carbocycles. The minimum Gasteiger partial charge on any atom is -0.478 e. The van der Waals surface area contributed by atoms with Crippen LogP contribution in [0.1, 0.15) is 40.3 Å². The second-order valence-corrected chi connectivity index (χ2v) is 10.1. The summed E-state index contributed by atoms with van der Waals surface area (Å²) in [5.74, 6) is -2.58. The van der Waals surface area contributed by atoms with Crippen molar-refractivity contribution in [2.75, 3.05) is 5.32 Å². The topological polar surface area (TPSA) is 199 Å². The molecule has 3 heterocycles. The molecule has 15 nitrogen and oxygen atoms in total. The van der Waals surface area contributed by atoms with Crippen molar-refractivity contribution in [2.24, 2.45) is 5.16 Å². The van der Waals surface area contributed by atoms with Crippen molar-refractivity contribution in [3.8, 4) is 0 Å². The lowest BCUT2D eigenvalue weighted by atomic mass is 9.98. The Morgan fingerprint density at radius 1 is 1.28 bits per heavy atom. The molecule has 0 bridgehead atoms. The van der Waals surface area contributed by atoms with Gasteiger partial charge in [-0.2, -0.15) is 0 Å². The fourth-order valence-electron chi connectivity index (χ4n) is 2.73. The smallest absolute Gasteiger partial charge is 0.413 e. The van der Waals surface area contributed by atoms with Crippen LogP contribution in [0, 0.1) is 0 Å². The molecule has 0 aromatic carbocycles. The van der Waals surface area contributed by atoms with Crippen molar-refractivity contribution in [1.29, 1.82) is 0 Å². The van der Waals surface area contributed by atoms with Crippen molar-refractivity contribution >= 4 is 46.1 Å². The van der Waals surface area contributed by atoms with Crippen LogP contribution in [0.3, 0.4) is 0 Å². The lowest BCUT2D eigenvalue weighted by Crippen LogP contribution is -2.70. The summed E-state index contributed by atoms with van der Waals surface area (Å²) < 4.78 is 6.67. The first kappa shape index (κ1) is 26.5. The van der Waals surface area contributed by atoms with E-state index in [-0.39, 0.29) is 17.4 Å². The number of nitrogens with one attached hydrogen (secondary N) is 3. The lowest BCUT2D eigenvalue weighted by molar-refractivity contribution is -0.161. The van der Waals surface area contributed by atoms with Gasteiger partial charge < -0.3 is 25.3 Å². The number of thiazole rings is 1. The highest BCUT2D eigenvalue weighted by Crippen LogP contribution is 2.20. The van der Waals surface area contributed by atoms with E-state index in [1.807, 2.05) is 0 Å². The fourth-order valence-corrected chi connectivity index (χ4v) is 3.42. The summed E-state index contributed by atoms with van der Waals surface area (Å²) in [5.41, 5.74) is -2.91. The number of aliphatic carboxylic acids is 1. The number of hydrogen-bond donors (Lipinski definition) is 4. The SMILES string of the molecule is CC(C)(C)OC(=O)Nc1nc(C(=NOC(C)(C)C(=O)O)C(=O)N[C@@H]2C(=O)N[C@@H]2Cn2ccnn2)cs1. The predicted molar refractivity (Wildman–Crippen MR) is 125 cm³/mol. The number of rotatable bonds is 9. The number of carboxylic acids is 1. The van der Waals surface area contributed by atoms with E-state index in [0.29, 0.717) is 0 Å². The van der Waals surface area contributed by atoms with Gasteiger partial charge in [-0.1, -0.05) is 10.4 Å². The fraction of sp³-hybridized carbons (Fsp3) is 0.500. The van der Waals surface area contributed by atoms with E-state index in [2.05, 4.69) is 36.4 Å². The van der Waals surface area contributed by atoms with Crippen LogP contribution in [-0.2, 0) is 30.5 Å². The van der Waals surface area contributed by atoms with Gasteiger partial charge in [-0.25, -0.2) is 14.6 Å². The first-order chi connectivity index (χ1) is 16.7. The van der Waals surface area contributed by atoms with Gasteiger partial charge in [0.1, 0.15) is 17.3 Å². The summed E-state index contributed by atoms with van der Waals surface area (Å²) in [4.78, 5) is 58.0. The Morgan fingerprint density at radius 3 is 2.58 bits per heavy atom. The maximum Gasteiger partial charge on any atom is 0.413 e. The van der Waals surface area contributed by atoms with Crippen molar-refractivity contribution in [3.05, 3.63) is 23.5 Å². The average Bonchev–Trinajstić information content (AvgIpc) is 3.43. The molecule has 3 amide bonds.